The van der Waals surface area contributed by atoms with E-state index < -0.39 is 0 Å². The topological polar surface area (TPSA) is 210 Å². The average Bonchev–Trinajstić information content (AvgIpc) is 2.08. The van der Waals surface area contributed by atoms with Gasteiger partial charge in [0.25, 0.3) is 0 Å². The van der Waals surface area contributed by atoms with Crippen molar-refractivity contribution in [3.8, 4) is 0 Å². The molecule has 1 radical (unpaired) electrons. The van der Waals surface area contributed by atoms with Crippen molar-refractivity contribution in [1.82, 2.24) is 0 Å². The van der Waals surface area contributed by atoms with E-state index in [4.69, 9.17) is 41.8 Å². The quantitative estimate of drug-likeness (QED) is 0.370. The summed E-state index contributed by atoms with van der Waals surface area (Å²) in [6.45, 7) is 1.19. The Bertz CT molecular complexity index is 78.0. The van der Waals surface area contributed by atoms with Gasteiger partial charge in [-0.2, -0.15) is 0 Å². The van der Waals surface area contributed by atoms with Gasteiger partial charge in [-0.1, -0.05) is 0 Å². The Morgan fingerprint density at radius 3 is 0.857 bits per heavy atom. The number of hydrogen-bond acceptors (Lipinski definition) is 11. The van der Waals surface area contributed by atoms with E-state index in [0.29, 0.717) is 13.1 Å². The van der Waals surface area contributed by atoms with Crippen molar-refractivity contribution < 1.29 is 19.5 Å². The Kier molecular flexibility index (Phi) is 203. The molecule has 0 aliphatic heterocycles. The molecule has 0 rings (SSSR count). The molecule has 0 spiro atoms. The van der Waals surface area contributed by atoms with Crippen LogP contribution in [-0.4, -0.2) is 13.1 Å². The molecule has 0 aromatic rings. The molecule has 0 saturated heterocycles. The van der Waals surface area contributed by atoms with E-state index in [0.717, 1.165) is 16.0 Å². The fraction of sp³-hybridized carbons (Fsp3) is 1.00. The number of nitrogens with zero attached hydrogens (tertiary/aromatic N) is 3. The molecular weight excluding hydrogens is 291 g/mol. The van der Waals surface area contributed by atoms with Gasteiger partial charge in [-0.3, -0.25) is 0 Å². The number of nitrogens with two attached hydrogens (primary N) is 2. The molecule has 4 N–H and O–H groups in total. The van der Waals surface area contributed by atoms with Gasteiger partial charge >= 0.3 is 19.5 Å². The maximum atomic E-state index is 8.00. The second-order valence-electron chi connectivity index (χ2n) is 0.801. The third-order valence-corrected chi connectivity index (χ3v) is 0.167. The summed E-state index contributed by atoms with van der Waals surface area (Å²) >= 11 is 0. The Morgan fingerprint density at radius 1 is 0.786 bits per heavy atom. The third kappa shape index (κ3) is 15500. The molecule has 0 aromatic carbocycles. The molecule has 0 heterocycles. The second kappa shape index (κ2) is 96.7. The predicted molar refractivity (Wildman–Crippen MR) is 45.6 cm³/mol. The van der Waals surface area contributed by atoms with E-state index in [2.05, 4.69) is 0 Å². The van der Waals surface area contributed by atoms with Gasteiger partial charge in [-0.25, -0.2) is 0 Å². The molecule has 0 aliphatic rings. The SMILES string of the molecule is NCCN.O=N[O-].O=N[O-].O=N[O-].[Ru+3]. The van der Waals surface area contributed by atoms with E-state index in [-0.39, 0.29) is 19.5 Å². The summed E-state index contributed by atoms with van der Waals surface area (Å²) in [4.78, 5) is 24.0. The first-order valence-corrected chi connectivity index (χ1v) is 2.41. The molecule has 11 nitrogen and oxygen atoms in total. The van der Waals surface area contributed by atoms with E-state index in [9.17, 15) is 0 Å². The van der Waals surface area contributed by atoms with Gasteiger partial charge in [0.05, 0.1) is 0 Å². The minimum absolute atomic E-state index is 0. The summed E-state index contributed by atoms with van der Waals surface area (Å²) < 4.78 is 0. The Morgan fingerprint density at radius 2 is 0.857 bits per heavy atom. The van der Waals surface area contributed by atoms with Crippen LogP contribution < -0.4 is 11.5 Å². The Hall–Kier alpha value is -1.26. The zero-order valence-electron chi connectivity index (χ0n) is 6.71. The first kappa shape index (κ1) is 29.3. The molecule has 14 heavy (non-hydrogen) atoms. The number of hydrogen-bond donors (Lipinski definition) is 2. The molecule has 0 amide bonds. The van der Waals surface area contributed by atoms with Crippen LogP contribution in [-0.2, 0) is 19.5 Å². The van der Waals surface area contributed by atoms with Gasteiger partial charge in [0.1, 0.15) is 0 Å². The molecule has 0 unspecified atom stereocenters. The summed E-state index contributed by atoms with van der Waals surface area (Å²) in [5, 5.41) is 27.0. The summed E-state index contributed by atoms with van der Waals surface area (Å²) in [5.74, 6) is 0. The van der Waals surface area contributed by atoms with Crippen LogP contribution >= 0.6 is 0 Å². The van der Waals surface area contributed by atoms with E-state index >= 15 is 0 Å². The van der Waals surface area contributed by atoms with Crippen LogP contribution in [0.15, 0.2) is 16.0 Å². The molecule has 0 saturated carbocycles. The minimum Gasteiger partial charge on any atom is -0.444 e. The standard InChI is InChI=1S/C2H8N2.3HNO2.Ru/c3-1-2-4;3*2-1-3;/h1-4H2;3*(H,2,3);/q;;;;+3/p-3. The molecule has 0 aromatic heterocycles. The normalized spacial score (nSPS) is 4.71. The van der Waals surface area contributed by atoms with Crippen molar-refractivity contribution in [3.63, 3.8) is 0 Å². The third-order valence-electron chi connectivity index (χ3n) is 0.167. The maximum Gasteiger partial charge on any atom is 3.00 e. The number of rotatable bonds is 1. The summed E-state index contributed by atoms with van der Waals surface area (Å²) in [5.41, 5.74) is 9.81. The van der Waals surface area contributed by atoms with Crippen molar-refractivity contribution in [2.24, 2.45) is 27.5 Å². The van der Waals surface area contributed by atoms with Crippen LogP contribution in [0.25, 0.3) is 0 Å². The van der Waals surface area contributed by atoms with Crippen molar-refractivity contribution in [1.29, 1.82) is 0 Å². The average molecular weight is 299 g/mol. The first-order chi connectivity index (χ1) is 6.16. The van der Waals surface area contributed by atoms with Gasteiger partial charge in [0.15, 0.2) is 0 Å². The van der Waals surface area contributed by atoms with Crippen LogP contribution in [0.4, 0.5) is 0 Å². The zero-order chi connectivity index (χ0) is 11.5. The molecule has 0 atom stereocenters. The van der Waals surface area contributed by atoms with Gasteiger partial charge in [-0.15, -0.1) is 16.0 Å². The minimum atomic E-state index is 0. The van der Waals surface area contributed by atoms with Crippen LogP contribution in [0.1, 0.15) is 0 Å². The van der Waals surface area contributed by atoms with E-state index in [1.807, 2.05) is 0 Å². The van der Waals surface area contributed by atoms with Crippen LogP contribution in [0.5, 0.6) is 0 Å². The second-order valence-corrected chi connectivity index (χ2v) is 0.801. The Labute approximate surface area is 91.0 Å². The van der Waals surface area contributed by atoms with Crippen LogP contribution in [0, 0.1) is 30.3 Å². The molecule has 12 heteroatoms. The summed E-state index contributed by atoms with van der Waals surface area (Å²) in [6.07, 6.45) is 0. The van der Waals surface area contributed by atoms with Crippen molar-refractivity contribution in [3.05, 3.63) is 30.3 Å². The van der Waals surface area contributed by atoms with Gasteiger partial charge < -0.3 is 41.8 Å². The van der Waals surface area contributed by atoms with E-state index in [1.165, 1.54) is 0 Å². The van der Waals surface area contributed by atoms with Crippen molar-refractivity contribution in [2.45, 2.75) is 0 Å². The smallest absolute Gasteiger partial charge is 0.444 e. The molecule has 0 fully saturated rings. The first-order valence-electron chi connectivity index (χ1n) is 2.41. The molecule has 0 bridgehead atoms. The fourth-order valence-corrected chi connectivity index (χ4v) is 0. The van der Waals surface area contributed by atoms with Crippen LogP contribution in [0.3, 0.4) is 0 Å². The summed E-state index contributed by atoms with van der Waals surface area (Å²) in [6, 6.07) is 0. The largest absolute Gasteiger partial charge is 3.00 e. The predicted octanol–water partition coefficient (Wildman–Crippen LogP) is -0.347. The van der Waals surface area contributed by atoms with Gasteiger partial charge in [-0.05, 0) is 0 Å². The van der Waals surface area contributed by atoms with Crippen molar-refractivity contribution >= 4 is 0 Å². The zero-order valence-corrected chi connectivity index (χ0v) is 8.45. The maximum absolute atomic E-state index is 8.00. The Balaban J connectivity index is -0.0000000254. The fourth-order valence-electron chi connectivity index (χ4n) is 0. The van der Waals surface area contributed by atoms with Gasteiger partial charge in [0, 0.05) is 13.1 Å². The molecular formula is C2H8N5O6Ru. The molecule has 85 valence electrons. The molecule has 0 aliphatic carbocycles. The van der Waals surface area contributed by atoms with Gasteiger partial charge in [0.2, 0.25) is 0 Å². The van der Waals surface area contributed by atoms with Crippen molar-refractivity contribution in [2.75, 3.05) is 13.1 Å². The van der Waals surface area contributed by atoms with Crippen LogP contribution in [0.2, 0.25) is 0 Å². The van der Waals surface area contributed by atoms with E-state index in [1.54, 1.807) is 0 Å². The summed E-state index contributed by atoms with van der Waals surface area (Å²) in [7, 11) is 0. The monoisotopic (exact) mass is 300 g/mol.